The molecule has 0 N–H and O–H groups in total. The Balaban J connectivity index is 1.30. The maximum atomic E-state index is 6.61. The summed E-state index contributed by atoms with van der Waals surface area (Å²) in [6.07, 6.45) is -0.823. The highest BCUT2D eigenvalue weighted by Gasteiger charge is 2.52. The van der Waals surface area contributed by atoms with Crippen LogP contribution in [0.1, 0.15) is 67.2 Å². The summed E-state index contributed by atoms with van der Waals surface area (Å²) in [5.41, 5.74) is 0.937. The summed E-state index contributed by atoms with van der Waals surface area (Å²) in [6.45, 7) is 16.4. The molecular formula is C36H42B2O7. The van der Waals surface area contributed by atoms with Gasteiger partial charge in [-0.2, -0.15) is 0 Å². The summed E-state index contributed by atoms with van der Waals surface area (Å²) in [7, 11) is 0.733. The molecule has 0 aromatic heterocycles. The highest BCUT2D eigenvalue weighted by Crippen LogP contribution is 2.39. The maximum absolute atomic E-state index is 6.61. The molecule has 2 fully saturated rings. The predicted molar refractivity (Wildman–Crippen MR) is 179 cm³/mol. The molecular weight excluding hydrogens is 566 g/mol. The number of rotatable bonds is 8. The molecule has 0 radical (unpaired) electrons. The third-order valence-corrected chi connectivity index (χ3v) is 9.68. The van der Waals surface area contributed by atoms with E-state index < -0.39 is 42.9 Å². The summed E-state index contributed by atoms with van der Waals surface area (Å²) in [4.78, 5) is 0. The third-order valence-electron chi connectivity index (χ3n) is 9.68. The Bertz CT molecular complexity index is 1550. The Hall–Kier alpha value is -3.49. The van der Waals surface area contributed by atoms with Gasteiger partial charge in [0.25, 0.3) is 6.29 Å². The van der Waals surface area contributed by atoms with E-state index in [0.29, 0.717) is 17.2 Å². The monoisotopic (exact) mass is 608 g/mol. The number of fused-ring (bicyclic) bond motifs is 1. The van der Waals surface area contributed by atoms with Crippen molar-refractivity contribution < 1.29 is 32.8 Å². The topological polar surface area (TPSA) is 64.6 Å². The van der Waals surface area contributed by atoms with E-state index in [1.54, 1.807) is 7.11 Å². The molecule has 0 amide bonds. The molecule has 0 unspecified atom stereocenters. The number of hydrogen-bond acceptors (Lipinski definition) is 7. The van der Waals surface area contributed by atoms with Gasteiger partial charge in [0.05, 0.1) is 35.1 Å². The molecule has 0 saturated carbocycles. The molecule has 9 heteroatoms. The van der Waals surface area contributed by atoms with E-state index in [9.17, 15) is 0 Å². The second kappa shape index (κ2) is 11.4. The van der Waals surface area contributed by atoms with Crippen LogP contribution < -0.4 is 25.1 Å². The summed E-state index contributed by atoms with van der Waals surface area (Å²) in [5.74, 6) is 1.93. The lowest BCUT2D eigenvalue weighted by Gasteiger charge is -2.32. The Morgan fingerprint density at radius 1 is 0.533 bits per heavy atom. The van der Waals surface area contributed by atoms with Crippen molar-refractivity contribution in [2.45, 2.75) is 84.1 Å². The van der Waals surface area contributed by atoms with Crippen LogP contribution in [0.4, 0.5) is 0 Å². The van der Waals surface area contributed by atoms with Crippen LogP contribution in [0.5, 0.6) is 17.2 Å². The smallest absolute Gasteiger partial charge is 0.494 e. The van der Waals surface area contributed by atoms with Crippen molar-refractivity contribution in [1.82, 2.24) is 0 Å². The van der Waals surface area contributed by atoms with Gasteiger partial charge in [-0.3, -0.25) is 0 Å². The van der Waals surface area contributed by atoms with Crippen molar-refractivity contribution in [1.29, 1.82) is 0 Å². The second-order valence-corrected chi connectivity index (χ2v) is 13.8. The van der Waals surface area contributed by atoms with E-state index in [4.69, 9.17) is 32.8 Å². The minimum absolute atomic E-state index is 0.422. The van der Waals surface area contributed by atoms with E-state index in [1.165, 1.54) is 0 Å². The van der Waals surface area contributed by atoms with Gasteiger partial charge < -0.3 is 32.8 Å². The van der Waals surface area contributed by atoms with Crippen LogP contribution >= 0.6 is 0 Å². The maximum Gasteiger partial charge on any atom is 0.494 e. The average Bonchev–Trinajstić information content (AvgIpc) is 3.36. The van der Waals surface area contributed by atoms with Crippen LogP contribution in [0, 0.1) is 0 Å². The third kappa shape index (κ3) is 5.95. The van der Waals surface area contributed by atoms with Gasteiger partial charge in [-0.05, 0) is 107 Å². The zero-order chi connectivity index (χ0) is 32.2. The first-order valence-electron chi connectivity index (χ1n) is 15.5. The van der Waals surface area contributed by atoms with Gasteiger partial charge in [0.1, 0.15) is 17.2 Å². The standard InChI is InChI=1S/C36H42B2O7/c1-33(2)34(3,4)43-37(42-33)25-15-19-27(20-16-25)40-32(31-29-13-11-10-12-24(29)14-23-30(31)39-9)41-28-21-17-26(18-22-28)38-44-35(5,6)36(7,8)45-38/h10-23,32H,1-9H3. The van der Waals surface area contributed by atoms with E-state index in [1.807, 2.05) is 128 Å². The Morgan fingerprint density at radius 2 is 0.956 bits per heavy atom. The van der Waals surface area contributed by atoms with Crippen molar-refractivity contribution in [3.8, 4) is 17.2 Å². The van der Waals surface area contributed by atoms with Crippen LogP contribution in [0.15, 0.2) is 84.9 Å². The fourth-order valence-corrected chi connectivity index (χ4v) is 5.45. The van der Waals surface area contributed by atoms with Crippen LogP contribution in [-0.4, -0.2) is 43.8 Å². The molecule has 0 atom stereocenters. The summed E-state index contributed by atoms with van der Waals surface area (Å²) < 4.78 is 44.0. The number of ether oxygens (including phenoxy) is 3. The lowest BCUT2D eigenvalue weighted by molar-refractivity contribution is 0.00338. The lowest BCUT2D eigenvalue weighted by atomic mass is 9.79. The zero-order valence-corrected chi connectivity index (χ0v) is 27.7. The summed E-state index contributed by atoms with van der Waals surface area (Å²) >= 11 is 0. The van der Waals surface area contributed by atoms with E-state index in [-0.39, 0.29) is 0 Å². The van der Waals surface area contributed by atoms with Gasteiger partial charge in [0.15, 0.2) is 0 Å². The molecule has 45 heavy (non-hydrogen) atoms. The number of methoxy groups -OCH3 is 1. The fourth-order valence-electron chi connectivity index (χ4n) is 5.45. The number of benzene rings is 4. The van der Waals surface area contributed by atoms with Crippen molar-refractivity contribution in [2.24, 2.45) is 0 Å². The van der Waals surface area contributed by atoms with E-state index in [0.717, 1.165) is 27.3 Å². The second-order valence-electron chi connectivity index (χ2n) is 13.8. The van der Waals surface area contributed by atoms with Crippen LogP contribution in [0.3, 0.4) is 0 Å². The van der Waals surface area contributed by atoms with Gasteiger partial charge in [0.2, 0.25) is 0 Å². The first-order chi connectivity index (χ1) is 21.2. The van der Waals surface area contributed by atoms with Gasteiger partial charge in [-0.25, -0.2) is 0 Å². The Kier molecular flexibility index (Phi) is 7.97. The fraction of sp³-hybridized carbons (Fsp3) is 0.389. The molecule has 234 valence electrons. The molecule has 2 aliphatic heterocycles. The highest BCUT2D eigenvalue weighted by molar-refractivity contribution is 6.62. The molecule has 2 aliphatic rings. The van der Waals surface area contributed by atoms with Crippen LogP contribution in [-0.2, 0) is 18.6 Å². The molecule has 2 heterocycles. The SMILES string of the molecule is COc1ccc2ccccc2c1C(Oc1ccc(B2OC(C)(C)C(C)(C)O2)cc1)Oc1ccc(B2OC(C)(C)C(C)(C)O2)cc1. The van der Waals surface area contributed by atoms with Crippen molar-refractivity contribution in [3.05, 3.63) is 90.5 Å². The van der Waals surface area contributed by atoms with Gasteiger partial charge in [-0.15, -0.1) is 0 Å². The predicted octanol–water partition coefficient (Wildman–Crippen LogP) is 6.60. The minimum Gasteiger partial charge on any atom is -0.496 e. The first kappa shape index (κ1) is 31.5. The molecule has 7 nitrogen and oxygen atoms in total. The summed E-state index contributed by atoms with van der Waals surface area (Å²) in [6, 6.07) is 27.6. The lowest BCUT2D eigenvalue weighted by Crippen LogP contribution is -2.41. The first-order valence-corrected chi connectivity index (χ1v) is 15.5. The Morgan fingerprint density at radius 3 is 1.38 bits per heavy atom. The summed E-state index contributed by atoms with van der Waals surface area (Å²) in [5, 5.41) is 2.03. The molecule has 0 spiro atoms. The van der Waals surface area contributed by atoms with Crippen molar-refractivity contribution in [3.63, 3.8) is 0 Å². The number of hydrogen-bond donors (Lipinski definition) is 0. The van der Waals surface area contributed by atoms with Gasteiger partial charge in [-0.1, -0.05) is 54.6 Å². The van der Waals surface area contributed by atoms with E-state index >= 15 is 0 Å². The quantitative estimate of drug-likeness (QED) is 0.165. The molecule has 0 aliphatic carbocycles. The average molecular weight is 608 g/mol. The van der Waals surface area contributed by atoms with Crippen molar-refractivity contribution in [2.75, 3.05) is 7.11 Å². The van der Waals surface area contributed by atoms with Gasteiger partial charge >= 0.3 is 14.2 Å². The normalized spacial score (nSPS) is 19.7. The van der Waals surface area contributed by atoms with E-state index in [2.05, 4.69) is 12.1 Å². The molecule has 4 aromatic carbocycles. The molecule has 4 aromatic rings. The van der Waals surface area contributed by atoms with Crippen LogP contribution in [0.2, 0.25) is 0 Å². The Labute approximate surface area is 267 Å². The zero-order valence-electron chi connectivity index (χ0n) is 27.7. The highest BCUT2D eigenvalue weighted by atomic mass is 16.7. The molecule has 2 saturated heterocycles. The minimum atomic E-state index is -0.823. The molecule has 6 rings (SSSR count). The molecule has 0 bridgehead atoms. The largest absolute Gasteiger partial charge is 0.496 e. The van der Waals surface area contributed by atoms with Crippen LogP contribution in [0.25, 0.3) is 10.8 Å². The van der Waals surface area contributed by atoms with Gasteiger partial charge in [0, 0.05) is 0 Å². The van der Waals surface area contributed by atoms with Crippen molar-refractivity contribution >= 4 is 35.9 Å².